The molecule has 11 heteroatoms. The van der Waals surface area contributed by atoms with Crippen LogP contribution in [0.15, 0.2) is 127 Å². The van der Waals surface area contributed by atoms with Gasteiger partial charge in [-0.05, 0) is 133 Å². The van der Waals surface area contributed by atoms with E-state index in [1.807, 2.05) is 92.7 Å². The van der Waals surface area contributed by atoms with Crippen LogP contribution in [0, 0.1) is 5.41 Å². The minimum atomic E-state index is -4.86. The van der Waals surface area contributed by atoms with E-state index in [0.29, 0.717) is 66.7 Å². The number of ketones is 1. The molecule has 3 aliphatic rings. The molecule has 7 nitrogen and oxygen atoms in total. The molecular weight excluding hydrogens is 800 g/mol. The van der Waals surface area contributed by atoms with E-state index in [2.05, 4.69) is 10.8 Å². The molecule has 6 aromatic rings. The van der Waals surface area contributed by atoms with Gasteiger partial charge in [-0.25, -0.2) is 4.79 Å². The second-order valence-corrected chi connectivity index (χ2v) is 17.9. The fraction of sp³-hybridized carbons (Fsp3) is 0.320. The van der Waals surface area contributed by atoms with Crippen LogP contribution in [-0.4, -0.2) is 51.6 Å². The van der Waals surface area contributed by atoms with Gasteiger partial charge in [0, 0.05) is 22.2 Å². The number of rotatable bonds is 8. The van der Waals surface area contributed by atoms with Crippen molar-refractivity contribution in [3.63, 3.8) is 0 Å². The number of hydrogen-bond acceptors (Lipinski definition) is 7. The Hall–Kier alpha value is -5.49. The molecule has 0 aliphatic heterocycles. The molecule has 61 heavy (non-hydrogen) atoms. The third-order valence-corrected chi connectivity index (χ3v) is 13.8. The lowest BCUT2D eigenvalue weighted by Crippen LogP contribution is -2.54. The van der Waals surface area contributed by atoms with E-state index in [-0.39, 0.29) is 24.8 Å². The van der Waals surface area contributed by atoms with Gasteiger partial charge in [0.15, 0.2) is 0 Å². The van der Waals surface area contributed by atoms with Crippen LogP contribution in [0.3, 0.4) is 0 Å². The van der Waals surface area contributed by atoms with Gasteiger partial charge in [-0.15, -0.1) is 24.5 Å². The number of allylic oxidation sites excluding steroid dienone is 2. The summed E-state index contributed by atoms with van der Waals surface area (Å²) in [6.07, 6.45) is -0.438. The van der Waals surface area contributed by atoms with Gasteiger partial charge in [-0.2, -0.15) is 0 Å². The first-order valence-electron chi connectivity index (χ1n) is 20.7. The van der Waals surface area contributed by atoms with Crippen molar-refractivity contribution in [2.45, 2.75) is 89.3 Å². The van der Waals surface area contributed by atoms with Crippen molar-refractivity contribution < 1.29 is 42.4 Å². The number of hydrogen-bond donors (Lipinski definition) is 2. The minimum Gasteiger partial charge on any atom is -0.410 e. The van der Waals surface area contributed by atoms with E-state index in [4.69, 9.17) is 4.74 Å². The van der Waals surface area contributed by atoms with Crippen LogP contribution in [0.2, 0.25) is 0 Å². The van der Waals surface area contributed by atoms with Gasteiger partial charge in [-0.3, -0.25) is 4.79 Å². The Morgan fingerprint density at radius 2 is 1.57 bits per heavy atom. The molecular formula is C50H48F3NO6S. The molecule has 2 N–H and O–H groups in total. The lowest BCUT2D eigenvalue weighted by Gasteiger charge is -2.46. The number of amides is 1. The average Bonchev–Trinajstić information content (AvgIpc) is 3.77. The lowest BCUT2D eigenvalue weighted by atomic mass is 9.64. The number of halogens is 3. The van der Waals surface area contributed by atoms with Crippen LogP contribution < -0.4 is 9.47 Å². The quantitative estimate of drug-likeness (QED) is 0.117. The average molecular weight is 848 g/mol. The predicted octanol–water partition coefficient (Wildman–Crippen LogP) is 11.9. The van der Waals surface area contributed by atoms with Crippen molar-refractivity contribution in [1.82, 2.24) is 4.90 Å². The molecule has 5 aromatic carbocycles. The van der Waals surface area contributed by atoms with Crippen LogP contribution in [0.25, 0.3) is 20.9 Å². The van der Waals surface area contributed by atoms with Crippen molar-refractivity contribution >= 4 is 44.1 Å². The number of nitrogens with zero attached hydrogens (tertiary/aromatic N) is 1. The highest BCUT2D eigenvalue weighted by Crippen LogP contribution is 2.59. The predicted molar refractivity (Wildman–Crippen MR) is 232 cm³/mol. The number of benzene rings is 5. The second-order valence-electron chi connectivity index (χ2n) is 16.9. The zero-order valence-corrected chi connectivity index (χ0v) is 34.9. The summed E-state index contributed by atoms with van der Waals surface area (Å²) in [7, 11) is 0. The SMILES string of the molecule is CC1=CCC[C@@]2(C)[C@@H](CC[C@@]2(O)CN(Cc2ccc(OC(F)(F)F)cc2)C(=O)Oc2ccc3ccccc3c2)c2ccc(cc2C(=O)c2cc3ccccc3s2)C[C@@H](O)CC1. The molecule has 1 heterocycles. The molecule has 0 saturated heterocycles. The molecule has 1 amide bonds. The third kappa shape index (κ3) is 9.24. The summed E-state index contributed by atoms with van der Waals surface area (Å²) in [6, 6.07) is 34.0. The first-order chi connectivity index (χ1) is 29.2. The Labute approximate surface area is 357 Å². The van der Waals surface area contributed by atoms with E-state index >= 15 is 0 Å². The van der Waals surface area contributed by atoms with Gasteiger partial charge >= 0.3 is 12.5 Å². The second kappa shape index (κ2) is 17.1. The third-order valence-electron chi connectivity index (χ3n) is 12.7. The first-order valence-corrected chi connectivity index (χ1v) is 21.5. The summed E-state index contributed by atoms with van der Waals surface area (Å²) < 4.78 is 50.2. The van der Waals surface area contributed by atoms with Crippen molar-refractivity contribution in [2.75, 3.05) is 6.54 Å². The minimum absolute atomic E-state index is 0.0759. The molecule has 4 atom stereocenters. The lowest BCUT2D eigenvalue weighted by molar-refractivity contribution is -0.274. The molecule has 1 saturated carbocycles. The molecule has 1 fully saturated rings. The maximum Gasteiger partial charge on any atom is 0.573 e. The van der Waals surface area contributed by atoms with Gasteiger partial charge in [0.1, 0.15) is 11.5 Å². The summed E-state index contributed by atoms with van der Waals surface area (Å²) in [4.78, 5) is 31.1. The summed E-state index contributed by atoms with van der Waals surface area (Å²) in [5, 5.41) is 27.1. The number of ether oxygens (including phenoxy) is 2. The molecule has 0 unspecified atom stereocenters. The van der Waals surface area contributed by atoms with Crippen LogP contribution in [0.1, 0.15) is 90.2 Å². The number of fused-ring (bicyclic) bond motifs is 10. The molecule has 1 aromatic heterocycles. The van der Waals surface area contributed by atoms with Gasteiger partial charge in [0.05, 0.1) is 23.1 Å². The van der Waals surface area contributed by atoms with Crippen LogP contribution in [-0.2, 0) is 13.0 Å². The molecule has 0 spiro atoms. The Bertz CT molecular complexity index is 2570. The molecule has 9 rings (SSSR count). The van der Waals surface area contributed by atoms with Crippen molar-refractivity contribution in [2.24, 2.45) is 5.41 Å². The highest BCUT2D eigenvalue weighted by atomic mass is 32.1. The zero-order valence-electron chi connectivity index (χ0n) is 34.1. The number of carbonyl (C=O) groups excluding carboxylic acids is 2. The Morgan fingerprint density at radius 1 is 0.852 bits per heavy atom. The number of thiophene rings is 1. The highest BCUT2D eigenvalue weighted by Gasteiger charge is 2.58. The normalized spacial score (nSPS) is 22.0. The van der Waals surface area contributed by atoms with Gasteiger partial charge < -0.3 is 24.6 Å². The van der Waals surface area contributed by atoms with Crippen molar-refractivity contribution in [1.29, 1.82) is 0 Å². The van der Waals surface area contributed by atoms with E-state index in [1.165, 1.54) is 40.5 Å². The van der Waals surface area contributed by atoms with Gasteiger partial charge in [0.25, 0.3) is 0 Å². The molecule has 3 aliphatic carbocycles. The molecule has 0 radical (unpaired) electrons. The Balaban J connectivity index is 1.18. The fourth-order valence-corrected chi connectivity index (χ4v) is 10.4. The maximum absolute atomic E-state index is 14.7. The zero-order chi connectivity index (χ0) is 42.9. The first kappa shape index (κ1) is 42.2. The van der Waals surface area contributed by atoms with Gasteiger partial charge in [-0.1, -0.05) is 91.4 Å². The number of alkyl halides is 3. The standard InChI is InChI=1S/C50H48F3NO6S/c1-32-8-7-24-48(2)43(41-22-16-34(26-38(55)18-13-32)27-42(41)46(56)45-29-37-11-5-6-12-44(37)61-45)23-25-49(48,58)31-54(30-33-14-19-39(20-15-33)60-50(51,52)53)47(57)59-40-21-17-35-9-3-4-10-36(35)28-40/h3-6,8-12,14-17,19-22,27-29,38,43,55,58H,7,13,18,23-26,30-31H2,1-2H3/t38-,43-,48-,49+/m0/s1. The topological polar surface area (TPSA) is 96.3 Å². The maximum atomic E-state index is 14.7. The number of aliphatic hydroxyl groups excluding tert-OH is 1. The number of carbonyl (C=O) groups is 2. The highest BCUT2D eigenvalue weighted by molar-refractivity contribution is 7.21. The smallest absolute Gasteiger partial charge is 0.410 e. The monoisotopic (exact) mass is 847 g/mol. The largest absolute Gasteiger partial charge is 0.573 e. The van der Waals surface area contributed by atoms with Gasteiger partial charge in [0.2, 0.25) is 5.78 Å². The summed E-state index contributed by atoms with van der Waals surface area (Å²) in [5.41, 5.74) is 1.46. The molecule has 2 bridgehead atoms. The van der Waals surface area contributed by atoms with Crippen molar-refractivity contribution in [3.8, 4) is 11.5 Å². The van der Waals surface area contributed by atoms with E-state index in [0.717, 1.165) is 37.6 Å². The molecule has 316 valence electrons. The Morgan fingerprint density at radius 3 is 2.33 bits per heavy atom. The van der Waals surface area contributed by atoms with Crippen molar-refractivity contribution in [3.05, 3.63) is 154 Å². The fourth-order valence-electron chi connectivity index (χ4n) is 9.34. The van der Waals surface area contributed by atoms with E-state index in [9.17, 15) is 33.0 Å². The Kier molecular flexibility index (Phi) is 11.8. The summed E-state index contributed by atoms with van der Waals surface area (Å²) in [5.74, 6) is -0.514. The summed E-state index contributed by atoms with van der Waals surface area (Å²) in [6.45, 7) is 3.86. The summed E-state index contributed by atoms with van der Waals surface area (Å²) >= 11 is 1.44. The van der Waals surface area contributed by atoms with Crippen LogP contribution >= 0.6 is 11.3 Å². The van der Waals surface area contributed by atoms with E-state index < -0.39 is 35.3 Å². The van der Waals surface area contributed by atoms with E-state index in [1.54, 1.807) is 12.1 Å². The number of aliphatic hydroxyl groups is 2. The van der Waals surface area contributed by atoms with Crippen LogP contribution in [0.5, 0.6) is 11.5 Å². The van der Waals surface area contributed by atoms with Crippen LogP contribution in [0.4, 0.5) is 18.0 Å².